The Hall–Kier alpha value is -1.91. The summed E-state index contributed by atoms with van der Waals surface area (Å²) in [5.41, 5.74) is 4.83. The second kappa shape index (κ2) is 6.14. The Morgan fingerprint density at radius 3 is 2.78 bits per heavy atom. The second-order valence-electron chi connectivity index (χ2n) is 3.86. The number of ether oxygens (including phenoxy) is 1. The van der Waals surface area contributed by atoms with Gasteiger partial charge in [0, 0.05) is 18.0 Å². The van der Waals surface area contributed by atoms with Crippen LogP contribution in [0.5, 0.6) is 5.75 Å². The molecule has 1 heterocycles. The average Bonchev–Trinajstić information content (AvgIpc) is 2.43. The van der Waals surface area contributed by atoms with Crippen LogP contribution in [0.3, 0.4) is 0 Å². The number of para-hydroxylation sites is 1. The van der Waals surface area contributed by atoms with Gasteiger partial charge in [-0.15, -0.1) is 0 Å². The highest BCUT2D eigenvalue weighted by Crippen LogP contribution is 2.28. The van der Waals surface area contributed by atoms with E-state index in [1.54, 1.807) is 12.4 Å². The molecule has 0 saturated carbocycles. The molecular weight excluding hydrogens is 226 g/mol. The minimum atomic E-state index is -0.124. The van der Waals surface area contributed by atoms with E-state index in [1.165, 1.54) is 0 Å². The molecule has 0 radical (unpaired) electrons. The molecule has 0 aliphatic carbocycles. The van der Waals surface area contributed by atoms with Crippen molar-refractivity contribution in [2.75, 3.05) is 6.61 Å². The first-order chi connectivity index (χ1) is 8.86. The van der Waals surface area contributed by atoms with Crippen molar-refractivity contribution in [2.24, 2.45) is 5.84 Å². The standard InChI is InChI=1S/C14H17N3O/c1-2-18-13-8-4-3-7-12(13)14(17-15)11-6-5-9-16-10-11/h3-10,14,17H,2,15H2,1H3. The largest absolute Gasteiger partial charge is 0.494 e. The van der Waals surface area contributed by atoms with Crippen LogP contribution < -0.4 is 16.0 Å². The van der Waals surface area contributed by atoms with Gasteiger partial charge in [-0.05, 0) is 24.6 Å². The van der Waals surface area contributed by atoms with Crippen molar-refractivity contribution < 1.29 is 4.74 Å². The first-order valence-corrected chi connectivity index (χ1v) is 5.94. The average molecular weight is 243 g/mol. The zero-order chi connectivity index (χ0) is 12.8. The van der Waals surface area contributed by atoms with Gasteiger partial charge in [0.2, 0.25) is 0 Å². The third-order valence-corrected chi connectivity index (χ3v) is 2.71. The summed E-state index contributed by atoms with van der Waals surface area (Å²) >= 11 is 0. The molecule has 4 nitrogen and oxygen atoms in total. The van der Waals surface area contributed by atoms with Gasteiger partial charge in [-0.2, -0.15) is 0 Å². The molecule has 4 heteroatoms. The molecule has 0 spiro atoms. The lowest BCUT2D eigenvalue weighted by Crippen LogP contribution is -2.29. The highest BCUT2D eigenvalue weighted by atomic mass is 16.5. The molecule has 1 aromatic carbocycles. The maximum Gasteiger partial charge on any atom is 0.124 e. The lowest BCUT2D eigenvalue weighted by molar-refractivity contribution is 0.333. The van der Waals surface area contributed by atoms with Crippen LogP contribution in [0.25, 0.3) is 0 Å². The van der Waals surface area contributed by atoms with E-state index in [-0.39, 0.29) is 6.04 Å². The molecule has 0 fully saturated rings. The first-order valence-electron chi connectivity index (χ1n) is 5.94. The Labute approximate surface area is 107 Å². The van der Waals surface area contributed by atoms with Crippen LogP contribution in [0.2, 0.25) is 0 Å². The van der Waals surface area contributed by atoms with Crippen LogP contribution in [0, 0.1) is 0 Å². The smallest absolute Gasteiger partial charge is 0.124 e. The summed E-state index contributed by atoms with van der Waals surface area (Å²) in [4.78, 5) is 4.12. The normalized spacial score (nSPS) is 12.1. The SMILES string of the molecule is CCOc1ccccc1C(NN)c1cccnc1. The molecule has 94 valence electrons. The fourth-order valence-corrected chi connectivity index (χ4v) is 1.92. The van der Waals surface area contributed by atoms with Gasteiger partial charge >= 0.3 is 0 Å². The van der Waals surface area contributed by atoms with Gasteiger partial charge in [-0.3, -0.25) is 10.8 Å². The Bertz CT molecular complexity index is 487. The third-order valence-electron chi connectivity index (χ3n) is 2.71. The number of nitrogens with two attached hydrogens (primary N) is 1. The van der Waals surface area contributed by atoms with Gasteiger partial charge in [0.05, 0.1) is 12.6 Å². The van der Waals surface area contributed by atoms with Gasteiger partial charge in [0.1, 0.15) is 5.75 Å². The first kappa shape index (κ1) is 12.5. The fraction of sp³-hybridized carbons (Fsp3) is 0.214. The molecule has 1 atom stereocenters. The van der Waals surface area contributed by atoms with E-state index in [9.17, 15) is 0 Å². The third kappa shape index (κ3) is 2.67. The Balaban J connectivity index is 2.39. The molecule has 0 aliphatic rings. The van der Waals surface area contributed by atoms with Gasteiger partial charge in [-0.1, -0.05) is 24.3 Å². The number of nitrogens with one attached hydrogen (secondary N) is 1. The zero-order valence-corrected chi connectivity index (χ0v) is 10.3. The Morgan fingerprint density at radius 1 is 1.28 bits per heavy atom. The maximum absolute atomic E-state index is 5.67. The van der Waals surface area contributed by atoms with Crippen molar-refractivity contribution in [1.29, 1.82) is 0 Å². The summed E-state index contributed by atoms with van der Waals surface area (Å²) in [5.74, 6) is 6.51. The highest BCUT2D eigenvalue weighted by Gasteiger charge is 2.16. The minimum absolute atomic E-state index is 0.124. The zero-order valence-electron chi connectivity index (χ0n) is 10.3. The van der Waals surface area contributed by atoms with Crippen molar-refractivity contribution in [1.82, 2.24) is 10.4 Å². The molecule has 0 amide bonds. The maximum atomic E-state index is 5.67. The van der Waals surface area contributed by atoms with E-state index in [0.29, 0.717) is 6.61 Å². The van der Waals surface area contributed by atoms with Crippen molar-refractivity contribution in [3.63, 3.8) is 0 Å². The van der Waals surface area contributed by atoms with E-state index >= 15 is 0 Å². The lowest BCUT2D eigenvalue weighted by Gasteiger charge is -2.19. The van der Waals surface area contributed by atoms with E-state index in [2.05, 4.69) is 10.4 Å². The van der Waals surface area contributed by atoms with E-state index in [0.717, 1.165) is 16.9 Å². The molecule has 3 N–H and O–H groups in total. The predicted molar refractivity (Wildman–Crippen MR) is 71.0 cm³/mol. The highest BCUT2D eigenvalue weighted by molar-refractivity contribution is 5.40. The van der Waals surface area contributed by atoms with Gasteiger partial charge in [-0.25, -0.2) is 5.43 Å². The number of hydrogen-bond acceptors (Lipinski definition) is 4. The molecule has 2 aromatic rings. The van der Waals surface area contributed by atoms with Gasteiger partial charge in [0.15, 0.2) is 0 Å². The number of hydrogen-bond donors (Lipinski definition) is 2. The number of rotatable bonds is 5. The topological polar surface area (TPSA) is 60.2 Å². The molecule has 0 saturated heterocycles. The molecule has 18 heavy (non-hydrogen) atoms. The van der Waals surface area contributed by atoms with E-state index in [1.807, 2.05) is 43.3 Å². The summed E-state index contributed by atoms with van der Waals surface area (Å²) in [7, 11) is 0. The fourth-order valence-electron chi connectivity index (χ4n) is 1.92. The summed E-state index contributed by atoms with van der Waals surface area (Å²) in [6.45, 7) is 2.59. The quantitative estimate of drug-likeness (QED) is 0.623. The molecule has 0 bridgehead atoms. The molecule has 0 aliphatic heterocycles. The van der Waals surface area contributed by atoms with Crippen molar-refractivity contribution in [3.05, 3.63) is 59.9 Å². The van der Waals surface area contributed by atoms with Crippen LogP contribution >= 0.6 is 0 Å². The summed E-state index contributed by atoms with van der Waals surface area (Å²) in [5, 5.41) is 0. The second-order valence-corrected chi connectivity index (χ2v) is 3.86. The van der Waals surface area contributed by atoms with Gasteiger partial charge in [0.25, 0.3) is 0 Å². The van der Waals surface area contributed by atoms with Crippen LogP contribution in [-0.2, 0) is 0 Å². The lowest BCUT2D eigenvalue weighted by atomic mass is 10.00. The number of aromatic nitrogens is 1. The minimum Gasteiger partial charge on any atom is -0.494 e. The van der Waals surface area contributed by atoms with Crippen LogP contribution in [0.15, 0.2) is 48.8 Å². The number of hydrazine groups is 1. The number of nitrogens with zero attached hydrogens (tertiary/aromatic N) is 1. The van der Waals surface area contributed by atoms with Crippen molar-refractivity contribution in [3.8, 4) is 5.75 Å². The number of benzene rings is 1. The summed E-state index contributed by atoms with van der Waals surface area (Å²) in [6.07, 6.45) is 3.54. The van der Waals surface area contributed by atoms with Crippen LogP contribution in [0.1, 0.15) is 24.1 Å². The summed E-state index contributed by atoms with van der Waals surface area (Å²) < 4.78 is 5.63. The van der Waals surface area contributed by atoms with Crippen molar-refractivity contribution >= 4 is 0 Å². The monoisotopic (exact) mass is 243 g/mol. The molecule has 1 unspecified atom stereocenters. The Morgan fingerprint density at radius 2 is 2.11 bits per heavy atom. The van der Waals surface area contributed by atoms with Crippen LogP contribution in [-0.4, -0.2) is 11.6 Å². The predicted octanol–water partition coefficient (Wildman–Crippen LogP) is 2.03. The summed E-state index contributed by atoms with van der Waals surface area (Å²) in [6, 6.07) is 11.6. The number of pyridine rings is 1. The van der Waals surface area contributed by atoms with Gasteiger partial charge < -0.3 is 4.74 Å². The molecule has 1 aromatic heterocycles. The molecular formula is C14H17N3O. The van der Waals surface area contributed by atoms with Crippen LogP contribution in [0.4, 0.5) is 0 Å². The van der Waals surface area contributed by atoms with E-state index in [4.69, 9.17) is 10.6 Å². The van der Waals surface area contributed by atoms with E-state index < -0.39 is 0 Å². The van der Waals surface area contributed by atoms with Crippen molar-refractivity contribution in [2.45, 2.75) is 13.0 Å². The Kier molecular flexibility index (Phi) is 4.28. The molecule has 2 rings (SSSR count).